The number of hydrogen-bond acceptors (Lipinski definition) is 8. The maximum Gasteiger partial charge on any atom is 0.416 e. The fourth-order valence-electron chi connectivity index (χ4n) is 3.50. The van der Waals surface area contributed by atoms with Crippen LogP contribution in [0.15, 0.2) is 77.5 Å². The third-order valence-electron chi connectivity index (χ3n) is 5.41. The molecule has 0 saturated carbocycles. The van der Waals surface area contributed by atoms with Gasteiger partial charge in [-0.1, -0.05) is 29.4 Å². The summed E-state index contributed by atoms with van der Waals surface area (Å²) in [6.45, 7) is 0. The van der Waals surface area contributed by atoms with E-state index in [0.717, 1.165) is 6.07 Å². The van der Waals surface area contributed by atoms with Crippen LogP contribution in [0.25, 0.3) is 6.08 Å². The number of fused-ring (bicyclic) bond motifs is 1. The Kier molecular flexibility index (Phi) is 6.95. The van der Waals surface area contributed by atoms with Crippen LogP contribution in [0.5, 0.6) is 11.5 Å². The number of alkyl halides is 3. The van der Waals surface area contributed by atoms with Crippen LogP contribution in [0.3, 0.4) is 0 Å². The van der Waals surface area contributed by atoms with Crippen molar-refractivity contribution in [3.8, 4) is 11.5 Å². The highest BCUT2D eigenvalue weighted by Gasteiger charge is 2.34. The molecule has 0 aromatic heterocycles. The van der Waals surface area contributed by atoms with E-state index in [-0.39, 0.29) is 17.1 Å². The average molecular weight is 527 g/mol. The smallest absolute Gasteiger partial charge is 0.416 e. The Balaban J connectivity index is 1.47. The van der Waals surface area contributed by atoms with Crippen LogP contribution < -0.4 is 10.5 Å². The molecule has 0 amide bonds. The molecule has 1 aliphatic carbocycles. The Hall–Kier alpha value is -5.04. The minimum Gasteiger partial charge on any atom is -0.450 e. The molecule has 4 rings (SSSR count). The van der Waals surface area contributed by atoms with E-state index in [9.17, 15) is 38.0 Å². The van der Waals surface area contributed by atoms with Crippen molar-refractivity contribution in [3.63, 3.8) is 0 Å². The third kappa shape index (κ3) is 5.37. The number of halogens is 3. The van der Waals surface area contributed by atoms with Crippen LogP contribution in [0.1, 0.15) is 28.4 Å². The molecule has 13 heteroatoms. The Morgan fingerprint density at radius 3 is 2.42 bits per heavy atom. The van der Waals surface area contributed by atoms with Crippen molar-refractivity contribution in [1.29, 1.82) is 0 Å². The number of hydrogen-bond donors (Lipinski definition) is 2. The number of aliphatic hydroxyl groups is 1. The van der Waals surface area contributed by atoms with Crippen LogP contribution in [-0.2, 0) is 20.6 Å². The monoisotopic (exact) mass is 527 g/mol. The number of nitro groups is 1. The van der Waals surface area contributed by atoms with E-state index in [1.54, 1.807) is 24.3 Å². The van der Waals surface area contributed by atoms with Crippen molar-refractivity contribution in [2.24, 2.45) is 10.9 Å². The maximum absolute atomic E-state index is 12.9. The van der Waals surface area contributed by atoms with Gasteiger partial charge in [-0.25, -0.2) is 4.79 Å². The second-order valence-electron chi connectivity index (χ2n) is 7.87. The molecule has 0 bridgehead atoms. The zero-order chi connectivity index (χ0) is 27.6. The second-order valence-corrected chi connectivity index (χ2v) is 7.87. The molecule has 0 radical (unpaired) electrons. The number of rotatable bonds is 6. The van der Waals surface area contributed by atoms with E-state index in [1.807, 2.05) is 0 Å². The number of nitro benzene ring substituents is 1. The minimum absolute atomic E-state index is 0.0343. The van der Waals surface area contributed by atoms with Crippen LogP contribution in [0, 0.1) is 10.1 Å². The van der Waals surface area contributed by atoms with E-state index in [1.165, 1.54) is 30.3 Å². The van der Waals surface area contributed by atoms with Gasteiger partial charge in [0.2, 0.25) is 11.5 Å². The summed E-state index contributed by atoms with van der Waals surface area (Å²) in [4.78, 5) is 39.7. The number of nitrogens with zero attached hydrogens (tertiary/aromatic N) is 2. The Labute approximate surface area is 211 Å². The molecule has 3 N–H and O–H groups in total. The summed E-state index contributed by atoms with van der Waals surface area (Å²) >= 11 is 0. The molecule has 3 aromatic carbocycles. The molecular weight excluding hydrogens is 511 g/mol. The Bertz CT molecular complexity index is 1500. The number of carbonyl (C=O) groups is 2. The van der Waals surface area contributed by atoms with Crippen molar-refractivity contribution in [2.45, 2.75) is 12.3 Å². The number of carbonyl (C=O) groups excluding carboxylic acids is 2. The number of nitrogens with two attached hydrogens (primary N) is 1. The lowest BCUT2D eigenvalue weighted by Gasteiger charge is -2.18. The van der Waals surface area contributed by atoms with Crippen molar-refractivity contribution in [3.05, 3.63) is 105 Å². The van der Waals surface area contributed by atoms with E-state index in [2.05, 4.69) is 5.16 Å². The number of aliphatic hydroxyl groups excluding tert-OH is 1. The summed E-state index contributed by atoms with van der Waals surface area (Å²) in [5.41, 5.74) is 4.36. The molecule has 0 saturated heterocycles. The Morgan fingerprint density at radius 1 is 1.08 bits per heavy atom. The lowest BCUT2D eigenvalue weighted by molar-refractivity contribution is -0.385. The molecular formula is C25H16F3N3O7. The number of Topliss-reactive ketones (excluding diaryl/α,β-unsaturated/α-hetero) is 1. The molecule has 3 aromatic rings. The quantitative estimate of drug-likeness (QED) is 0.120. The molecule has 1 atom stereocenters. The van der Waals surface area contributed by atoms with Crippen molar-refractivity contribution >= 4 is 29.4 Å². The minimum atomic E-state index is -4.77. The number of amidine groups is 1. The zero-order valence-electron chi connectivity index (χ0n) is 19.0. The van der Waals surface area contributed by atoms with Crippen molar-refractivity contribution in [1.82, 2.24) is 0 Å². The van der Waals surface area contributed by atoms with E-state index < -0.39 is 51.5 Å². The lowest BCUT2D eigenvalue weighted by Crippen LogP contribution is -2.25. The normalized spacial score (nSPS) is 15.4. The fourth-order valence-corrected chi connectivity index (χ4v) is 3.50. The largest absolute Gasteiger partial charge is 0.450 e. The summed E-state index contributed by atoms with van der Waals surface area (Å²) in [6.07, 6.45) is -5.03. The van der Waals surface area contributed by atoms with Gasteiger partial charge < -0.3 is 20.4 Å². The van der Waals surface area contributed by atoms with E-state index >= 15 is 0 Å². The van der Waals surface area contributed by atoms with Gasteiger partial charge in [0, 0.05) is 11.6 Å². The van der Waals surface area contributed by atoms with Gasteiger partial charge in [0.25, 0.3) is 0 Å². The van der Waals surface area contributed by atoms with Gasteiger partial charge in [-0.15, -0.1) is 0 Å². The van der Waals surface area contributed by atoms with E-state index in [0.29, 0.717) is 23.3 Å². The molecule has 194 valence electrons. The number of ketones is 1. The summed E-state index contributed by atoms with van der Waals surface area (Å²) in [5.74, 6) is -2.66. The number of ether oxygens (including phenoxy) is 1. The van der Waals surface area contributed by atoms with Crippen LogP contribution >= 0.6 is 0 Å². The first-order chi connectivity index (χ1) is 18.0. The average Bonchev–Trinajstić information content (AvgIpc) is 2.89. The van der Waals surface area contributed by atoms with E-state index in [4.69, 9.17) is 15.3 Å². The number of oxime groups is 1. The standard InChI is InChI=1S/C25H16F3N3O7/c26-25(27,28)15-7-10-20(19(12-15)31(35)36)37-16-8-5-13(6-9-16)23(29)30-38-24(34)18-11-14-3-1-2-4-17(14)21(32)22(18)33/h1-12,21,32H,(H2,29,30). The first-order valence-corrected chi connectivity index (χ1v) is 10.7. The first-order valence-electron chi connectivity index (χ1n) is 10.7. The van der Waals surface area contributed by atoms with Gasteiger partial charge in [-0.3, -0.25) is 14.9 Å². The van der Waals surface area contributed by atoms with Gasteiger partial charge in [0.1, 0.15) is 17.4 Å². The van der Waals surface area contributed by atoms with Gasteiger partial charge in [0.15, 0.2) is 5.84 Å². The lowest BCUT2D eigenvalue weighted by atomic mass is 9.89. The van der Waals surface area contributed by atoms with Gasteiger partial charge in [-0.2, -0.15) is 13.2 Å². The number of benzene rings is 3. The predicted octanol–water partition coefficient (Wildman–Crippen LogP) is 4.27. The highest BCUT2D eigenvalue weighted by atomic mass is 19.4. The second kappa shape index (κ2) is 10.1. The molecule has 38 heavy (non-hydrogen) atoms. The third-order valence-corrected chi connectivity index (χ3v) is 5.41. The SMILES string of the molecule is N/C(=N/OC(=O)C1=Cc2ccccc2C(O)C1=O)c1ccc(Oc2ccc(C(F)(F)F)cc2[N+](=O)[O-])cc1. The van der Waals surface area contributed by atoms with Crippen LogP contribution in [0.4, 0.5) is 18.9 Å². The highest BCUT2D eigenvalue weighted by Crippen LogP contribution is 2.38. The Morgan fingerprint density at radius 2 is 1.76 bits per heavy atom. The van der Waals surface area contributed by atoms with Crippen molar-refractivity contribution in [2.75, 3.05) is 0 Å². The molecule has 10 nitrogen and oxygen atoms in total. The summed E-state index contributed by atoms with van der Waals surface area (Å²) < 4.78 is 44.0. The molecule has 0 spiro atoms. The van der Waals surface area contributed by atoms with Gasteiger partial charge >= 0.3 is 17.8 Å². The van der Waals surface area contributed by atoms with Crippen LogP contribution in [0.2, 0.25) is 0 Å². The molecule has 0 fully saturated rings. The summed E-state index contributed by atoms with van der Waals surface area (Å²) in [7, 11) is 0. The van der Waals surface area contributed by atoms with Gasteiger partial charge in [-0.05, 0) is 53.6 Å². The molecule has 1 unspecified atom stereocenters. The molecule has 0 aliphatic heterocycles. The molecule has 1 aliphatic rings. The molecule has 0 heterocycles. The topological polar surface area (TPSA) is 154 Å². The van der Waals surface area contributed by atoms with Crippen molar-refractivity contribution < 1.29 is 42.4 Å². The summed E-state index contributed by atoms with van der Waals surface area (Å²) in [6, 6.07) is 13.6. The van der Waals surface area contributed by atoms with Gasteiger partial charge in [0.05, 0.1) is 10.5 Å². The van der Waals surface area contributed by atoms with Crippen LogP contribution in [-0.4, -0.2) is 27.6 Å². The summed E-state index contributed by atoms with van der Waals surface area (Å²) in [5, 5.41) is 24.9. The first kappa shape index (κ1) is 26.0. The highest BCUT2D eigenvalue weighted by molar-refractivity contribution is 6.23. The maximum atomic E-state index is 12.9. The predicted molar refractivity (Wildman–Crippen MR) is 126 cm³/mol. The zero-order valence-corrected chi connectivity index (χ0v) is 19.0. The fraction of sp³-hybridized carbons (Fsp3) is 0.0800.